The molecule has 0 aliphatic carbocycles. The quantitative estimate of drug-likeness (QED) is 0.734. The predicted octanol–water partition coefficient (Wildman–Crippen LogP) is 1.03. The van der Waals surface area contributed by atoms with E-state index in [0.717, 1.165) is 24.5 Å². The molecule has 5 nitrogen and oxygen atoms in total. The average Bonchev–Trinajstić information content (AvgIpc) is 2.84. The first-order valence-corrected chi connectivity index (χ1v) is 5.28. The number of imidazole rings is 1. The molecule has 0 spiro atoms. The van der Waals surface area contributed by atoms with Crippen LogP contribution in [0.3, 0.4) is 0 Å². The predicted molar refractivity (Wildman–Crippen MR) is 63.5 cm³/mol. The summed E-state index contributed by atoms with van der Waals surface area (Å²) < 4.78 is 1.86. The molecule has 0 unspecified atom stereocenters. The lowest BCUT2D eigenvalue weighted by Gasteiger charge is -2.06. The van der Waals surface area contributed by atoms with Crippen LogP contribution >= 0.6 is 0 Å². The summed E-state index contributed by atoms with van der Waals surface area (Å²) in [4.78, 5) is 8.30. The molecule has 0 saturated heterocycles. The van der Waals surface area contributed by atoms with Gasteiger partial charge >= 0.3 is 0 Å². The number of rotatable bonds is 5. The number of hydrogen-bond donors (Lipinski definition) is 2. The summed E-state index contributed by atoms with van der Waals surface area (Å²) in [5.74, 6) is 0.863. The Labute approximate surface area is 94.3 Å². The maximum atomic E-state index is 5.42. The number of nitrogens with zero attached hydrogens (tertiary/aromatic N) is 3. The van der Waals surface area contributed by atoms with Crippen molar-refractivity contribution < 1.29 is 0 Å². The lowest BCUT2D eigenvalue weighted by atomic mass is 10.3. The molecular weight excluding hydrogens is 202 g/mol. The number of hydrogen-bond acceptors (Lipinski definition) is 4. The van der Waals surface area contributed by atoms with E-state index in [4.69, 9.17) is 5.73 Å². The first-order chi connectivity index (χ1) is 7.90. The van der Waals surface area contributed by atoms with Gasteiger partial charge in [0, 0.05) is 18.9 Å². The topological polar surface area (TPSA) is 68.8 Å². The summed E-state index contributed by atoms with van der Waals surface area (Å²) >= 11 is 0. The molecule has 0 saturated carbocycles. The summed E-state index contributed by atoms with van der Waals surface area (Å²) in [6.07, 6.45) is 8.10. The number of pyridine rings is 1. The third-order valence-electron chi connectivity index (χ3n) is 2.23. The molecule has 5 heteroatoms. The van der Waals surface area contributed by atoms with Gasteiger partial charge in [-0.25, -0.2) is 9.97 Å². The van der Waals surface area contributed by atoms with E-state index in [1.807, 2.05) is 29.1 Å². The van der Waals surface area contributed by atoms with Crippen LogP contribution in [0.2, 0.25) is 0 Å². The van der Waals surface area contributed by atoms with Gasteiger partial charge in [-0.3, -0.25) is 4.57 Å². The molecule has 0 aliphatic rings. The molecule has 0 aliphatic heterocycles. The normalized spacial score (nSPS) is 10.3. The highest BCUT2D eigenvalue weighted by Crippen LogP contribution is 2.09. The van der Waals surface area contributed by atoms with E-state index >= 15 is 0 Å². The Morgan fingerprint density at radius 1 is 1.38 bits per heavy atom. The summed E-state index contributed by atoms with van der Waals surface area (Å²) in [7, 11) is 0. The summed E-state index contributed by atoms with van der Waals surface area (Å²) in [6, 6.07) is 3.95. The molecule has 2 aromatic rings. The number of nitrogens with one attached hydrogen (secondary N) is 1. The number of nitrogens with two attached hydrogens (primary N) is 1. The Hall–Kier alpha value is -1.88. The first kappa shape index (κ1) is 10.6. The van der Waals surface area contributed by atoms with Gasteiger partial charge in [0.1, 0.15) is 12.1 Å². The van der Waals surface area contributed by atoms with Crippen LogP contribution in [0, 0.1) is 0 Å². The van der Waals surface area contributed by atoms with Crippen molar-refractivity contribution in [3.05, 3.63) is 37.1 Å². The largest absolute Gasteiger partial charge is 0.384 e. The Bertz CT molecular complexity index is 406. The van der Waals surface area contributed by atoms with Crippen molar-refractivity contribution in [2.24, 2.45) is 5.73 Å². The molecule has 84 valence electrons. The Kier molecular flexibility index (Phi) is 3.50. The van der Waals surface area contributed by atoms with Gasteiger partial charge in [0.2, 0.25) is 0 Å². The lowest BCUT2D eigenvalue weighted by Crippen LogP contribution is -2.08. The third kappa shape index (κ3) is 2.58. The molecule has 0 atom stereocenters. The minimum atomic E-state index is 0.702. The second-order valence-corrected chi connectivity index (χ2v) is 3.44. The standard InChI is InChI=1S/C11H15N5/c12-4-1-5-14-10-2-3-11(15-8-10)16-7-6-13-9-16/h2-3,6-9,14H,1,4-5,12H2. The van der Waals surface area contributed by atoms with Crippen molar-refractivity contribution in [3.8, 4) is 5.82 Å². The van der Waals surface area contributed by atoms with E-state index in [9.17, 15) is 0 Å². The summed E-state index contributed by atoms with van der Waals surface area (Å²) in [6.45, 7) is 1.58. The van der Waals surface area contributed by atoms with Crippen LogP contribution in [-0.4, -0.2) is 27.6 Å². The van der Waals surface area contributed by atoms with Crippen molar-refractivity contribution >= 4 is 5.69 Å². The lowest BCUT2D eigenvalue weighted by molar-refractivity contribution is 0.873. The Morgan fingerprint density at radius 3 is 2.94 bits per heavy atom. The second-order valence-electron chi connectivity index (χ2n) is 3.44. The van der Waals surface area contributed by atoms with Gasteiger partial charge in [-0.05, 0) is 25.1 Å². The maximum Gasteiger partial charge on any atom is 0.137 e. The monoisotopic (exact) mass is 217 g/mol. The maximum absolute atomic E-state index is 5.42. The van der Waals surface area contributed by atoms with Crippen LogP contribution in [0.15, 0.2) is 37.1 Å². The van der Waals surface area contributed by atoms with Crippen LogP contribution in [0.25, 0.3) is 5.82 Å². The van der Waals surface area contributed by atoms with E-state index < -0.39 is 0 Å². The molecule has 0 fully saturated rings. The van der Waals surface area contributed by atoms with E-state index in [1.165, 1.54) is 0 Å². The Morgan fingerprint density at radius 2 is 2.31 bits per heavy atom. The van der Waals surface area contributed by atoms with Gasteiger partial charge in [0.05, 0.1) is 11.9 Å². The molecule has 2 heterocycles. The fourth-order valence-corrected chi connectivity index (χ4v) is 1.37. The molecule has 0 radical (unpaired) electrons. The van der Waals surface area contributed by atoms with Crippen LogP contribution in [0.5, 0.6) is 0 Å². The van der Waals surface area contributed by atoms with Gasteiger partial charge in [0.25, 0.3) is 0 Å². The molecule has 0 bridgehead atoms. The van der Waals surface area contributed by atoms with Gasteiger partial charge in [-0.2, -0.15) is 0 Å². The number of aromatic nitrogens is 3. The summed E-state index contributed by atoms with van der Waals surface area (Å²) in [5.41, 5.74) is 6.43. The number of anilines is 1. The van der Waals surface area contributed by atoms with Crippen molar-refractivity contribution in [1.82, 2.24) is 14.5 Å². The Balaban J connectivity index is 2.00. The van der Waals surface area contributed by atoms with E-state index in [1.54, 1.807) is 12.5 Å². The zero-order valence-corrected chi connectivity index (χ0v) is 9.00. The SMILES string of the molecule is NCCCNc1ccc(-n2ccnc2)nc1. The van der Waals surface area contributed by atoms with Crippen LogP contribution in [0.1, 0.15) is 6.42 Å². The molecular formula is C11H15N5. The van der Waals surface area contributed by atoms with Gasteiger partial charge in [-0.1, -0.05) is 0 Å². The molecule has 2 aromatic heterocycles. The average molecular weight is 217 g/mol. The minimum Gasteiger partial charge on any atom is -0.384 e. The first-order valence-electron chi connectivity index (χ1n) is 5.28. The molecule has 0 amide bonds. The van der Waals surface area contributed by atoms with E-state index in [2.05, 4.69) is 15.3 Å². The fraction of sp³-hybridized carbons (Fsp3) is 0.273. The fourth-order valence-electron chi connectivity index (χ4n) is 1.37. The zero-order chi connectivity index (χ0) is 11.2. The summed E-state index contributed by atoms with van der Waals surface area (Å²) in [5, 5.41) is 3.25. The van der Waals surface area contributed by atoms with E-state index in [-0.39, 0.29) is 0 Å². The third-order valence-corrected chi connectivity index (χ3v) is 2.23. The van der Waals surface area contributed by atoms with Gasteiger partial charge in [-0.15, -0.1) is 0 Å². The molecule has 2 rings (SSSR count). The van der Waals surface area contributed by atoms with Gasteiger partial charge < -0.3 is 11.1 Å². The molecule has 3 N–H and O–H groups in total. The van der Waals surface area contributed by atoms with Crippen LogP contribution in [0.4, 0.5) is 5.69 Å². The zero-order valence-electron chi connectivity index (χ0n) is 9.00. The van der Waals surface area contributed by atoms with Crippen molar-refractivity contribution in [1.29, 1.82) is 0 Å². The van der Waals surface area contributed by atoms with E-state index in [0.29, 0.717) is 6.54 Å². The second kappa shape index (κ2) is 5.27. The van der Waals surface area contributed by atoms with Crippen molar-refractivity contribution in [3.63, 3.8) is 0 Å². The highest BCUT2D eigenvalue weighted by molar-refractivity contribution is 5.43. The highest BCUT2D eigenvalue weighted by atomic mass is 15.1. The molecule has 0 aromatic carbocycles. The van der Waals surface area contributed by atoms with Crippen LogP contribution in [-0.2, 0) is 0 Å². The van der Waals surface area contributed by atoms with Crippen molar-refractivity contribution in [2.75, 3.05) is 18.4 Å². The smallest absolute Gasteiger partial charge is 0.137 e. The molecule has 16 heavy (non-hydrogen) atoms. The highest BCUT2D eigenvalue weighted by Gasteiger charge is 1.97. The van der Waals surface area contributed by atoms with Gasteiger partial charge in [0.15, 0.2) is 0 Å². The minimum absolute atomic E-state index is 0.702. The van der Waals surface area contributed by atoms with Crippen molar-refractivity contribution in [2.45, 2.75) is 6.42 Å². The van der Waals surface area contributed by atoms with Crippen LogP contribution < -0.4 is 11.1 Å².